The van der Waals surface area contributed by atoms with Gasteiger partial charge in [0.1, 0.15) is 5.82 Å². The number of pyridine rings is 1. The highest BCUT2D eigenvalue weighted by Gasteiger charge is 2.58. The summed E-state index contributed by atoms with van der Waals surface area (Å²) in [6.07, 6.45) is 9.18. The van der Waals surface area contributed by atoms with E-state index >= 15 is 0 Å². The highest BCUT2D eigenvalue weighted by atomic mass is 16.1. The Balaban J connectivity index is 1.70. The third kappa shape index (κ3) is 1.91. The Labute approximate surface area is 144 Å². The first-order chi connectivity index (χ1) is 12.2. The number of rotatable bonds is 4. The van der Waals surface area contributed by atoms with Crippen molar-refractivity contribution in [2.75, 3.05) is 0 Å². The highest BCUT2D eigenvalue weighted by molar-refractivity contribution is 5.75. The monoisotopic (exact) mass is 335 g/mol. The maximum Gasteiger partial charge on any atom is 0.296 e. The molecule has 3 saturated carbocycles. The number of hydrogen-bond donors (Lipinski definition) is 0. The van der Waals surface area contributed by atoms with Crippen LogP contribution in [-0.2, 0) is 12.0 Å². The summed E-state index contributed by atoms with van der Waals surface area (Å²) in [5.41, 5.74) is 3.43. The molecule has 6 heteroatoms. The molecule has 0 bridgehead atoms. The first-order valence-corrected chi connectivity index (χ1v) is 9.42. The summed E-state index contributed by atoms with van der Waals surface area (Å²) in [5, 5.41) is 8.85. The van der Waals surface area contributed by atoms with Crippen molar-refractivity contribution in [3.05, 3.63) is 34.0 Å². The molecule has 6 rings (SSSR count). The van der Waals surface area contributed by atoms with Crippen LogP contribution in [0.3, 0.4) is 0 Å². The molecular formula is C19H21N5O. The van der Waals surface area contributed by atoms with Crippen LogP contribution < -0.4 is 5.56 Å². The number of hydrogen-bond acceptors (Lipinski definition) is 4. The fourth-order valence-corrected chi connectivity index (χ4v) is 4.42. The number of aryl methyl sites for hydroxylation is 1. The zero-order valence-electron chi connectivity index (χ0n) is 14.4. The summed E-state index contributed by atoms with van der Waals surface area (Å²) in [4.78, 5) is 17.9. The first kappa shape index (κ1) is 14.0. The lowest BCUT2D eigenvalue weighted by Gasteiger charge is -2.15. The van der Waals surface area contributed by atoms with Crippen molar-refractivity contribution in [2.45, 2.75) is 57.4 Å². The zero-order chi connectivity index (χ0) is 16.8. The van der Waals surface area contributed by atoms with Crippen LogP contribution >= 0.6 is 0 Å². The van der Waals surface area contributed by atoms with E-state index < -0.39 is 0 Å². The van der Waals surface area contributed by atoms with E-state index in [1.165, 1.54) is 25.7 Å². The van der Waals surface area contributed by atoms with Crippen molar-refractivity contribution < 1.29 is 0 Å². The molecule has 0 radical (unpaired) electrons. The molecule has 0 atom stereocenters. The van der Waals surface area contributed by atoms with Gasteiger partial charge in [-0.05, 0) is 68.9 Å². The van der Waals surface area contributed by atoms with E-state index in [4.69, 9.17) is 4.98 Å². The Morgan fingerprint density at radius 2 is 1.96 bits per heavy atom. The van der Waals surface area contributed by atoms with E-state index in [1.54, 1.807) is 0 Å². The van der Waals surface area contributed by atoms with Gasteiger partial charge >= 0.3 is 0 Å². The van der Waals surface area contributed by atoms with Crippen molar-refractivity contribution in [1.29, 1.82) is 0 Å². The third-order valence-corrected chi connectivity index (χ3v) is 6.32. The Kier molecular flexibility index (Phi) is 2.51. The SMILES string of the molecule is Cc1cnc2c(c1)n(CC1CC1)c(=O)c1nnc(C3(C4CC4)CC3)n12. The van der Waals surface area contributed by atoms with Gasteiger partial charge < -0.3 is 4.57 Å². The number of fused-ring (bicyclic) bond motifs is 3. The molecule has 0 N–H and O–H groups in total. The Morgan fingerprint density at radius 3 is 2.64 bits per heavy atom. The molecule has 0 aliphatic heterocycles. The molecule has 0 amide bonds. The van der Waals surface area contributed by atoms with Crippen LogP contribution in [0, 0.1) is 18.8 Å². The van der Waals surface area contributed by atoms with Crippen LogP contribution in [0.15, 0.2) is 17.1 Å². The van der Waals surface area contributed by atoms with Gasteiger partial charge in [0.05, 0.1) is 5.52 Å². The molecule has 128 valence electrons. The average molecular weight is 335 g/mol. The van der Waals surface area contributed by atoms with E-state index in [2.05, 4.69) is 16.3 Å². The molecule has 3 heterocycles. The quantitative estimate of drug-likeness (QED) is 0.735. The van der Waals surface area contributed by atoms with E-state index in [1.807, 2.05) is 22.1 Å². The van der Waals surface area contributed by atoms with Crippen molar-refractivity contribution in [3.8, 4) is 0 Å². The maximum atomic E-state index is 13.2. The fourth-order valence-electron chi connectivity index (χ4n) is 4.42. The van der Waals surface area contributed by atoms with Crippen molar-refractivity contribution in [3.63, 3.8) is 0 Å². The van der Waals surface area contributed by atoms with Crippen LogP contribution in [0.2, 0.25) is 0 Å². The predicted molar refractivity (Wildman–Crippen MR) is 93.6 cm³/mol. The molecule has 25 heavy (non-hydrogen) atoms. The first-order valence-electron chi connectivity index (χ1n) is 9.42. The van der Waals surface area contributed by atoms with Crippen LogP contribution in [0.5, 0.6) is 0 Å². The van der Waals surface area contributed by atoms with E-state index in [0.29, 0.717) is 17.5 Å². The second-order valence-electron chi connectivity index (χ2n) is 8.33. The molecule has 3 aromatic rings. The van der Waals surface area contributed by atoms with Crippen LogP contribution in [-0.4, -0.2) is 24.1 Å². The summed E-state index contributed by atoms with van der Waals surface area (Å²) < 4.78 is 3.86. The van der Waals surface area contributed by atoms with Gasteiger partial charge in [0.15, 0.2) is 5.65 Å². The summed E-state index contributed by atoms with van der Waals surface area (Å²) in [6.45, 7) is 2.80. The minimum absolute atomic E-state index is 0.0165. The molecule has 3 aromatic heterocycles. The normalized spacial score (nSPS) is 22.0. The van der Waals surface area contributed by atoms with E-state index in [-0.39, 0.29) is 11.0 Å². The molecule has 0 aromatic carbocycles. The van der Waals surface area contributed by atoms with Crippen molar-refractivity contribution in [1.82, 2.24) is 24.1 Å². The third-order valence-electron chi connectivity index (χ3n) is 6.32. The van der Waals surface area contributed by atoms with Gasteiger partial charge in [-0.2, -0.15) is 0 Å². The summed E-state index contributed by atoms with van der Waals surface area (Å²) in [5.74, 6) is 2.31. The van der Waals surface area contributed by atoms with Crippen LogP contribution in [0.25, 0.3) is 16.8 Å². The Bertz CT molecular complexity index is 1080. The topological polar surface area (TPSA) is 65.1 Å². The molecule has 0 unspecified atom stereocenters. The van der Waals surface area contributed by atoms with Gasteiger partial charge in [-0.1, -0.05) is 0 Å². The fraction of sp³-hybridized carbons (Fsp3) is 0.579. The minimum atomic E-state index is -0.0165. The molecule has 0 saturated heterocycles. The van der Waals surface area contributed by atoms with E-state index in [9.17, 15) is 4.79 Å². The van der Waals surface area contributed by atoms with Gasteiger partial charge in [-0.25, -0.2) is 4.98 Å². The Hall–Kier alpha value is -2.24. The second kappa shape index (κ2) is 4.48. The van der Waals surface area contributed by atoms with Gasteiger partial charge in [0.2, 0.25) is 5.65 Å². The molecule has 3 fully saturated rings. The molecule has 6 nitrogen and oxygen atoms in total. The lowest BCUT2D eigenvalue weighted by atomic mass is 10.00. The average Bonchev–Trinajstić information content (AvgIpc) is 3.45. The second-order valence-corrected chi connectivity index (χ2v) is 8.33. The summed E-state index contributed by atoms with van der Waals surface area (Å²) in [6, 6.07) is 2.09. The summed E-state index contributed by atoms with van der Waals surface area (Å²) >= 11 is 0. The Morgan fingerprint density at radius 1 is 1.16 bits per heavy atom. The largest absolute Gasteiger partial charge is 0.302 e. The van der Waals surface area contributed by atoms with Gasteiger partial charge in [0, 0.05) is 18.2 Å². The smallest absolute Gasteiger partial charge is 0.296 e. The molecule has 0 spiro atoms. The lowest BCUT2D eigenvalue weighted by Crippen LogP contribution is -2.26. The summed E-state index contributed by atoms with van der Waals surface area (Å²) in [7, 11) is 0. The van der Waals surface area contributed by atoms with Gasteiger partial charge in [-0.3, -0.25) is 9.20 Å². The standard InChI is InChI=1S/C19H21N5O/c1-11-8-14-15(20-9-11)24-16(17(25)23(14)10-12-2-3-12)21-22-18(24)19(6-7-19)13-4-5-13/h8-9,12-13H,2-7,10H2,1H3. The number of nitrogens with zero attached hydrogens (tertiary/aromatic N) is 5. The number of aromatic nitrogens is 5. The molecule has 3 aliphatic rings. The molecule has 3 aliphatic carbocycles. The minimum Gasteiger partial charge on any atom is -0.302 e. The van der Waals surface area contributed by atoms with Crippen LogP contribution in [0.1, 0.15) is 49.9 Å². The van der Waals surface area contributed by atoms with Gasteiger partial charge in [-0.15, -0.1) is 10.2 Å². The van der Waals surface area contributed by atoms with Crippen molar-refractivity contribution >= 4 is 16.8 Å². The maximum absolute atomic E-state index is 13.2. The zero-order valence-corrected chi connectivity index (χ0v) is 14.4. The van der Waals surface area contributed by atoms with Gasteiger partial charge in [0.25, 0.3) is 5.56 Å². The highest BCUT2D eigenvalue weighted by Crippen LogP contribution is 2.61. The predicted octanol–water partition coefficient (Wildman–Crippen LogP) is 2.60. The lowest BCUT2D eigenvalue weighted by molar-refractivity contribution is 0.552. The molecular weight excluding hydrogens is 314 g/mol. The van der Waals surface area contributed by atoms with E-state index in [0.717, 1.165) is 41.9 Å². The van der Waals surface area contributed by atoms with Crippen molar-refractivity contribution in [2.24, 2.45) is 11.8 Å². The van der Waals surface area contributed by atoms with Crippen LogP contribution in [0.4, 0.5) is 0 Å².